The molecule has 1 aromatic rings. The molecule has 0 radical (unpaired) electrons. The van der Waals surface area contributed by atoms with Crippen molar-refractivity contribution in [2.75, 3.05) is 11.5 Å². The molecule has 0 aliphatic carbocycles. The van der Waals surface area contributed by atoms with Crippen molar-refractivity contribution < 1.29 is 13.6 Å². The molecule has 19 heavy (non-hydrogen) atoms. The van der Waals surface area contributed by atoms with Crippen molar-refractivity contribution in [1.82, 2.24) is 0 Å². The molecule has 0 aromatic heterocycles. The number of hydrogen-bond donors (Lipinski definition) is 0. The number of hydrogen-bond acceptors (Lipinski definition) is 3. The molecule has 104 valence electrons. The Kier molecular flexibility index (Phi) is 5.31. The van der Waals surface area contributed by atoms with Crippen LogP contribution in [0.2, 0.25) is 0 Å². The minimum atomic E-state index is -0.795. The molecule has 1 nitrogen and oxygen atoms in total. The maximum absolute atomic E-state index is 14.0. The molecule has 1 aromatic carbocycles. The van der Waals surface area contributed by atoms with Crippen molar-refractivity contribution >= 4 is 45.2 Å². The van der Waals surface area contributed by atoms with E-state index in [1.807, 2.05) is 6.92 Å². The third kappa shape index (κ3) is 3.16. The molecule has 1 aliphatic heterocycles. The van der Waals surface area contributed by atoms with Gasteiger partial charge in [0.2, 0.25) is 0 Å². The fourth-order valence-electron chi connectivity index (χ4n) is 2.04. The van der Waals surface area contributed by atoms with Crippen molar-refractivity contribution in [1.29, 1.82) is 0 Å². The van der Waals surface area contributed by atoms with E-state index in [-0.39, 0.29) is 15.0 Å². The first-order valence-corrected chi connectivity index (χ1v) is 8.86. The van der Waals surface area contributed by atoms with Crippen LogP contribution in [0.5, 0.6) is 0 Å². The van der Waals surface area contributed by atoms with E-state index in [1.165, 1.54) is 17.8 Å². The quantitative estimate of drug-likeness (QED) is 0.577. The molecule has 1 fully saturated rings. The largest absolute Gasteiger partial charge is 0.293 e. The van der Waals surface area contributed by atoms with Crippen molar-refractivity contribution in [3.8, 4) is 0 Å². The number of benzene rings is 1. The average Bonchev–Trinajstić information content (AvgIpc) is 2.43. The molecular formula is C13H13BrF2OS2. The predicted octanol–water partition coefficient (Wildman–Crippen LogP) is 4.54. The summed E-state index contributed by atoms with van der Waals surface area (Å²) in [6, 6.07) is 2.41. The average molecular weight is 367 g/mol. The number of Topliss-reactive ketones (excluding diaryl/α,β-unsaturated/α-hetero) is 1. The van der Waals surface area contributed by atoms with E-state index in [9.17, 15) is 13.6 Å². The molecule has 1 saturated heterocycles. The van der Waals surface area contributed by atoms with E-state index in [0.717, 1.165) is 24.0 Å². The normalized spacial score (nSPS) is 23.4. The van der Waals surface area contributed by atoms with Gasteiger partial charge in [-0.3, -0.25) is 4.79 Å². The number of halogens is 3. The highest BCUT2D eigenvalue weighted by Gasteiger charge is 2.34. The Bertz CT molecular complexity index is 496. The monoisotopic (exact) mass is 366 g/mol. The van der Waals surface area contributed by atoms with Crippen LogP contribution in [0.15, 0.2) is 16.6 Å². The highest BCUT2D eigenvalue weighted by molar-refractivity contribution is 9.10. The summed E-state index contributed by atoms with van der Waals surface area (Å²) in [5.41, 5.74) is -0.409. The Balaban J connectivity index is 2.36. The molecule has 2 unspecified atom stereocenters. The summed E-state index contributed by atoms with van der Waals surface area (Å²) in [5, 5.41) is -0.230. The van der Waals surface area contributed by atoms with Gasteiger partial charge in [-0.1, -0.05) is 6.92 Å². The van der Waals surface area contributed by atoms with Gasteiger partial charge in [0, 0.05) is 16.8 Å². The van der Waals surface area contributed by atoms with Crippen LogP contribution in [0.25, 0.3) is 0 Å². The molecule has 6 heteroatoms. The van der Waals surface area contributed by atoms with Gasteiger partial charge in [-0.05, 0) is 34.5 Å². The van der Waals surface area contributed by atoms with Gasteiger partial charge in [0.15, 0.2) is 11.6 Å². The zero-order chi connectivity index (χ0) is 14.0. The van der Waals surface area contributed by atoms with E-state index >= 15 is 0 Å². The number of rotatable bonds is 3. The van der Waals surface area contributed by atoms with Gasteiger partial charge < -0.3 is 0 Å². The van der Waals surface area contributed by atoms with E-state index < -0.39 is 23.0 Å². The smallest absolute Gasteiger partial charge is 0.182 e. The van der Waals surface area contributed by atoms with Crippen LogP contribution in [0.1, 0.15) is 23.7 Å². The second-order valence-corrected chi connectivity index (χ2v) is 7.64. The molecule has 1 aliphatic rings. The van der Waals surface area contributed by atoms with Gasteiger partial charge in [0.05, 0.1) is 15.3 Å². The lowest BCUT2D eigenvalue weighted by molar-refractivity contribution is 0.0979. The zero-order valence-corrected chi connectivity index (χ0v) is 13.5. The fourth-order valence-corrected chi connectivity index (χ4v) is 5.38. The lowest BCUT2D eigenvalue weighted by Crippen LogP contribution is -2.33. The van der Waals surface area contributed by atoms with Gasteiger partial charge in [0.25, 0.3) is 0 Å². The van der Waals surface area contributed by atoms with Crippen LogP contribution in [0.3, 0.4) is 0 Å². The van der Waals surface area contributed by atoms with E-state index in [0.29, 0.717) is 0 Å². The van der Waals surface area contributed by atoms with Gasteiger partial charge >= 0.3 is 0 Å². The first kappa shape index (κ1) is 15.3. The van der Waals surface area contributed by atoms with Crippen molar-refractivity contribution in [2.24, 2.45) is 0 Å². The van der Waals surface area contributed by atoms with Crippen molar-refractivity contribution in [2.45, 2.75) is 23.8 Å². The first-order chi connectivity index (χ1) is 9.06. The Morgan fingerprint density at radius 3 is 2.74 bits per heavy atom. The molecule has 1 heterocycles. The summed E-state index contributed by atoms with van der Waals surface area (Å²) in [6.07, 6.45) is 0.825. The fraction of sp³-hybridized carbons (Fsp3) is 0.462. The molecular weight excluding hydrogens is 354 g/mol. The second-order valence-electron chi connectivity index (χ2n) is 4.19. The molecule has 0 N–H and O–H groups in total. The maximum atomic E-state index is 14.0. The summed E-state index contributed by atoms with van der Waals surface area (Å²) < 4.78 is 27.9. The SMILES string of the molecule is CCC1SCCSC1C(=O)c1c(F)ccc(Br)c1F. The predicted molar refractivity (Wildman–Crippen MR) is 81.2 cm³/mol. The van der Waals surface area contributed by atoms with E-state index in [2.05, 4.69) is 15.9 Å². The molecule has 0 saturated carbocycles. The number of ketones is 1. The summed E-state index contributed by atoms with van der Waals surface area (Å²) in [6.45, 7) is 2.00. The van der Waals surface area contributed by atoms with Gasteiger partial charge in [-0.2, -0.15) is 11.8 Å². The summed E-state index contributed by atoms with van der Waals surface area (Å²) in [7, 11) is 0. The molecule has 2 rings (SSSR count). The van der Waals surface area contributed by atoms with Crippen molar-refractivity contribution in [3.63, 3.8) is 0 Å². The second kappa shape index (κ2) is 6.59. The summed E-state index contributed by atoms with van der Waals surface area (Å²) in [4.78, 5) is 12.4. The van der Waals surface area contributed by atoms with E-state index in [4.69, 9.17) is 0 Å². The lowest BCUT2D eigenvalue weighted by atomic mass is 10.0. The standard InChI is InChI=1S/C13H13BrF2OS2/c1-2-9-13(19-6-5-18-9)12(17)10-8(15)4-3-7(14)11(10)16/h3-4,9,13H,2,5-6H2,1H3. The Morgan fingerprint density at radius 2 is 2.05 bits per heavy atom. The van der Waals surface area contributed by atoms with Crippen LogP contribution in [0.4, 0.5) is 8.78 Å². The highest BCUT2D eigenvalue weighted by atomic mass is 79.9. The minimum Gasteiger partial charge on any atom is -0.293 e. The third-order valence-corrected chi connectivity index (χ3v) is 6.86. The van der Waals surface area contributed by atoms with Crippen LogP contribution in [-0.4, -0.2) is 27.8 Å². The van der Waals surface area contributed by atoms with Crippen LogP contribution in [-0.2, 0) is 0 Å². The maximum Gasteiger partial charge on any atom is 0.182 e. The van der Waals surface area contributed by atoms with Crippen LogP contribution >= 0.6 is 39.5 Å². The topological polar surface area (TPSA) is 17.1 Å². The number of carbonyl (C=O) groups excluding carboxylic acids is 1. The number of thioether (sulfide) groups is 2. The highest BCUT2D eigenvalue weighted by Crippen LogP contribution is 2.36. The first-order valence-electron chi connectivity index (χ1n) is 5.97. The molecule has 0 spiro atoms. The summed E-state index contributed by atoms with van der Waals surface area (Å²) >= 11 is 6.21. The van der Waals surface area contributed by atoms with E-state index in [1.54, 1.807) is 11.8 Å². The number of carbonyl (C=O) groups is 1. The van der Waals surface area contributed by atoms with Gasteiger partial charge in [-0.25, -0.2) is 8.78 Å². The van der Waals surface area contributed by atoms with Crippen LogP contribution < -0.4 is 0 Å². The van der Waals surface area contributed by atoms with Crippen molar-refractivity contribution in [3.05, 3.63) is 33.8 Å². The minimum absolute atomic E-state index is 0.124. The zero-order valence-electron chi connectivity index (χ0n) is 10.3. The Labute approximate surface area is 128 Å². The third-order valence-electron chi connectivity index (χ3n) is 3.00. The molecule has 0 amide bonds. The Morgan fingerprint density at radius 1 is 1.37 bits per heavy atom. The van der Waals surface area contributed by atoms with Gasteiger partial charge in [-0.15, -0.1) is 11.8 Å². The van der Waals surface area contributed by atoms with Crippen LogP contribution in [0, 0.1) is 11.6 Å². The Hall–Kier alpha value is -0.0700. The molecule has 0 bridgehead atoms. The van der Waals surface area contributed by atoms with Gasteiger partial charge in [0.1, 0.15) is 5.82 Å². The lowest BCUT2D eigenvalue weighted by Gasteiger charge is -2.29. The summed E-state index contributed by atoms with van der Waals surface area (Å²) in [5.74, 6) is -0.182. The molecule has 2 atom stereocenters.